The van der Waals surface area contributed by atoms with Gasteiger partial charge < -0.3 is 4.90 Å². The third kappa shape index (κ3) is 4.84. The van der Waals surface area contributed by atoms with E-state index >= 15 is 0 Å². The first-order chi connectivity index (χ1) is 9.10. The average Bonchev–Trinajstić information content (AvgIpc) is 2.31. The highest BCUT2D eigenvalue weighted by Gasteiger charge is 2.16. The number of nitrogens with zero attached hydrogens (tertiary/aromatic N) is 1. The van der Waals surface area contributed by atoms with Gasteiger partial charge >= 0.3 is 0 Å². The summed E-state index contributed by atoms with van der Waals surface area (Å²) in [4.78, 5) is 12.8. The highest BCUT2D eigenvalue weighted by molar-refractivity contribution is 7.90. The van der Waals surface area contributed by atoms with Crippen molar-refractivity contribution >= 4 is 15.7 Å². The molecule has 0 unspecified atom stereocenters. The fourth-order valence-electron chi connectivity index (χ4n) is 1.42. The molecular formula is C12H14F3NO3S. The number of carbonyl (C=O) groups is 1. The Balaban J connectivity index is 2.73. The van der Waals surface area contributed by atoms with Gasteiger partial charge in [0.1, 0.15) is 15.7 Å². The van der Waals surface area contributed by atoms with Crippen molar-refractivity contribution < 1.29 is 26.4 Å². The van der Waals surface area contributed by atoms with Crippen molar-refractivity contribution in [1.29, 1.82) is 0 Å². The van der Waals surface area contributed by atoms with Crippen LogP contribution < -0.4 is 0 Å². The van der Waals surface area contributed by atoms with E-state index in [4.69, 9.17) is 0 Å². The minimum atomic E-state index is -3.22. The van der Waals surface area contributed by atoms with E-state index in [1.807, 2.05) is 0 Å². The normalized spacial score (nSPS) is 11.4. The molecule has 0 N–H and O–H groups in total. The van der Waals surface area contributed by atoms with Gasteiger partial charge in [-0.25, -0.2) is 21.6 Å². The van der Waals surface area contributed by atoms with Crippen LogP contribution in [0.25, 0.3) is 0 Å². The van der Waals surface area contributed by atoms with Crippen molar-refractivity contribution in [3.63, 3.8) is 0 Å². The highest BCUT2D eigenvalue weighted by Crippen LogP contribution is 2.14. The molecule has 0 aliphatic heterocycles. The van der Waals surface area contributed by atoms with Gasteiger partial charge in [0.2, 0.25) is 5.91 Å². The lowest BCUT2D eigenvalue weighted by Gasteiger charge is -2.16. The Morgan fingerprint density at radius 2 is 1.70 bits per heavy atom. The minimum Gasteiger partial charge on any atom is -0.344 e. The summed E-state index contributed by atoms with van der Waals surface area (Å²) in [5, 5.41) is 0. The molecule has 0 saturated heterocycles. The Morgan fingerprint density at radius 3 is 2.25 bits per heavy atom. The maximum absolute atomic E-state index is 13.4. The molecule has 0 saturated carbocycles. The van der Waals surface area contributed by atoms with Crippen LogP contribution in [0.4, 0.5) is 13.2 Å². The minimum absolute atomic E-state index is 0.0526. The lowest BCUT2D eigenvalue weighted by Crippen LogP contribution is -2.32. The molecule has 112 valence electrons. The summed E-state index contributed by atoms with van der Waals surface area (Å²) in [6.45, 7) is -0.0526. The van der Waals surface area contributed by atoms with Crippen LogP contribution >= 0.6 is 0 Å². The van der Waals surface area contributed by atoms with Gasteiger partial charge in [-0.05, 0) is 6.07 Å². The van der Waals surface area contributed by atoms with Gasteiger partial charge in [-0.3, -0.25) is 4.79 Å². The summed E-state index contributed by atoms with van der Waals surface area (Å²) in [5.41, 5.74) is -0.278. The number of likely N-dealkylation sites (N-methyl/N-ethyl adjacent to an activating group) is 1. The molecule has 1 amide bonds. The number of sulfone groups is 1. The van der Waals surface area contributed by atoms with Gasteiger partial charge in [0.05, 0.1) is 12.2 Å². The van der Waals surface area contributed by atoms with E-state index in [0.29, 0.717) is 12.1 Å². The van der Waals surface area contributed by atoms with E-state index in [-0.39, 0.29) is 17.9 Å². The fraction of sp³-hybridized carbons (Fsp3) is 0.417. The van der Waals surface area contributed by atoms with Crippen LogP contribution in [0.2, 0.25) is 0 Å². The first-order valence-corrected chi connectivity index (χ1v) is 7.71. The lowest BCUT2D eigenvalue weighted by molar-refractivity contribution is -0.128. The van der Waals surface area contributed by atoms with E-state index in [1.54, 1.807) is 0 Å². The molecule has 4 nitrogen and oxygen atoms in total. The molecule has 0 aliphatic rings. The number of halogens is 3. The lowest BCUT2D eigenvalue weighted by atomic mass is 10.1. The van der Waals surface area contributed by atoms with Crippen LogP contribution in [0, 0.1) is 17.5 Å². The fourth-order valence-corrected chi connectivity index (χ4v) is 2.03. The number of benzene rings is 1. The van der Waals surface area contributed by atoms with E-state index in [0.717, 1.165) is 11.2 Å². The second kappa shape index (κ2) is 6.25. The van der Waals surface area contributed by atoms with Crippen LogP contribution in [0.3, 0.4) is 0 Å². The van der Waals surface area contributed by atoms with Crippen LogP contribution in [-0.4, -0.2) is 44.8 Å². The van der Waals surface area contributed by atoms with Gasteiger partial charge in [0.15, 0.2) is 11.6 Å². The molecule has 0 bridgehead atoms. The zero-order valence-corrected chi connectivity index (χ0v) is 11.8. The molecule has 0 heterocycles. The first-order valence-electron chi connectivity index (χ1n) is 5.65. The molecule has 20 heavy (non-hydrogen) atoms. The zero-order valence-electron chi connectivity index (χ0n) is 11.0. The molecule has 1 aromatic carbocycles. The van der Waals surface area contributed by atoms with Crippen molar-refractivity contribution in [2.45, 2.75) is 6.42 Å². The van der Waals surface area contributed by atoms with Crippen molar-refractivity contribution in [3.8, 4) is 0 Å². The van der Waals surface area contributed by atoms with Crippen LogP contribution in [-0.2, 0) is 21.1 Å². The second-order valence-corrected chi connectivity index (χ2v) is 6.74. The van der Waals surface area contributed by atoms with Gasteiger partial charge in [-0.2, -0.15) is 0 Å². The molecule has 0 atom stereocenters. The van der Waals surface area contributed by atoms with Crippen LogP contribution in [0.5, 0.6) is 0 Å². The van der Waals surface area contributed by atoms with E-state index in [9.17, 15) is 26.4 Å². The maximum atomic E-state index is 13.4. The third-order valence-electron chi connectivity index (χ3n) is 2.65. The molecule has 0 aromatic heterocycles. The second-order valence-electron chi connectivity index (χ2n) is 4.48. The highest BCUT2D eigenvalue weighted by atomic mass is 32.2. The number of hydrogen-bond donors (Lipinski definition) is 0. The topological polar surface area (TPSA) is 54.5 Å². The largest absolute Gasteiger partial charge is 0.344 e. The average molecular weight is 309 g/mol. The Bertz CT molecular complexity index is 617. The summed E-state index contributed by atoms with van der Waals surface area (Å²) in [6.07, 6.45) is 0.559. The Labute approximate surface area is 115 Å². The standard InChI is InChI=1S/C12H14F3NO3S/c1-16(3-4-20(2,18)19)12(17)6-8-5-10(14)11(15)7-9(8)13/h5,7H,3-4,6H2,1-2H3. The summed E-state index contributed by atoms with van der Waals surface area (Å²) in [6, 6.07) is 0.988. The van der Waals surface area contributed by atoms with E-state index < -0.39 is 39.6 Å². The Kier molecular flexibility index (Phi) is 5.15. The van der Waals surface area contributed by atoms with Crippen LogP contribution in [0.1, 0.15) is 5.56 Å². The van der Waals surface area contributed by atoms with Gasteiger partial charge in [-0.1, -0.05) is 0 Å². The molecule has 8 heteroatoms. The van der Waals surface area contributed by atoms with Crippen LogP contribution in [0.15, 0.2) is 12.1 Å². The van der Waals surface area contributed by atoms with Gasteiger partial charge in [0, 0.05) is 31.5 Å². The first kappa shape index (κ1) is 16.5. The van der Waals surface area contributed by atoms with Gasteiger partial charge in [-0.15, -0.1) is 0 Å². The summed E-state index contributed by atoms with van der Waals surface area (Å²) < 4.78 is 61.0. The number of amides is 1. The number of carbonyl (C=O) groups excluding carboxylic acids is 1. The van der Waals surface area contributed by atoms with Crippen molar-refractivity contribution in [2.75, 3.05) is 25.6 Å². The van der Waals surface area contributed by atoms with Gasteiger partial charge in [0.25, 0.3) is 0 Å². The smallest absolute Gasteiger partial charge is 0.226 e. The predicted octanol–water partition coefficient (Wildman–Crippen LogP) is 1.15. The van der Waals surface area contributed by atoms with Crippen molar-refractivity contribution in [1.82, 2.24) is 4.90 Å². The molecular weight excluding hydrogens is 295 g/mol. The zero-order chi connectivity index (χ0) is 15.5. The third-order valence-corrected chi connectivity index (χ3v) is 3.58. The Morgan fingerprint density at radius 1 is 1.15 bits per heavy atom. The SMILES string of the molecule is CN(CCS(C)(=O)=O)C(=O)Cc1cc(F)c(F)cc1F. The summed E-state index contributed by atoms with van der Waals surface area (Å²) in [5.74, 6) is -4.40. The summed E-state index contributed by atoms with van der Waals surface area (Å²) in [7, 11) is -1.87. The predicted molar refractivity (Wildman–Crippen MR) is 67.4 cm³/mol. The Hall–Kier alpha value is -1.57. The molecule has 0 radical (unpaired) electrons. The molecule has 1 aromatic rings. The molecule has 0 aliphatic carbocycles. The summed E-state index contributed by atoms with van der Waals surface area (Å²) >= 11 is 0. The molecule has 0 fully saturated rings. The van der Waals surface area contributed by atoms with Crippen molar-refractivity contribution in [3.05, 3.63) is 35.1 Å². The van der Waals surface area contributed by atoms with E-state index in [1.165, 1.54) is 7.05 Å². The number of hydrogen-bond acceptors (Lipinski definition) is 3. The molecule has 0 spiro atoms. The maximum Gasteiger partial charge on any atom is 0.226 e. The van der Waals surface area contributed by atoms with E-state index in [2.05, 4.69) is 0 Å². The molecule has 1 rings (SSSR count). The monoisotopic (exact) mass is 309 g/mol. The van der Waals surface area contributed by atoms with Crippen molar-refractivity contribution in [2.24, 2.45) is 0 Å². The quantitative estimate of drug-likeness (QED) is 0.767. The number of rotatable bonds is 5.